The van der Waals surface area contributed by atoms with Crippen molar-refractivity contribution in [3.63, 3.8) is 0 Å². The number of halogens is 3. The highest BCUT2D eigenvalue weighted by Gasteiger charge is 2.49. The summed E-state index contributed by atoms with van der Waals surface area (Å²) in [6.45, 7) is 8.62. The second-order valence-electron chi connectivity index (χ2n) is 9.85. The molecular weight excluding hydrogens is 537 g/mol. The van der Waals surface area contributed by atoms with E-state index in [0.717, 1.165) is 12.1 Å². The second kappa shape index (κ2) is 9.63. The summed E-state index contributed by atoms with van der Waals surface area (Å²) in [5.74, 6) is -0.512. The Balaban J connectivity index is 1.96. The van der Waals surface area contributed by atoms with Crippen LogP contribution in [0.25, 0.3) is 0 Å². The van der Waals surface area contributed by atoms with Crippen LogP contribution in [0.15, 0.2) is 59.7 Å². The number of pyridine rings is 2. The molecule has 1 unspecified atom stereocenters. The summed E-state index contributed by atoms with van der Waals surface area (Å²) in [7, 11) is -5.93. The summed E-state index contributed by atoms with van der Waals surface area (Å²) in [5, 5.41) is 2.62. The van der Waals surface area contributed by atoms with Gasteiger partial charge in [0, 0.05) is 23.1 Å². The lowest BCUT2D eigenvalue weighted by atomic mass is 9.78. The molecule has 1 aliphatic rings. The van der Waals surface area contributed by atoms with E-state index in [9.17, 15) is 26.4 Å². The molecule has 0 fully saturated rings. The lowest BCUT2D eigenvalue weighted by Crippen LogP contribution is -2.36. The number of rotatable bonds is 4. The minimum absolute atomic E-state index is 0.0567. The van der Waals surface area contributed by atoms with Crippen molar-refractivity contribution in [1.29, 1.82) is 0 Å². The molecule has 3 heterocycles. The van der Waals surface area contributed by atoms with Gasteiger partial charge in [0.25, 0.3) is 0 Å². The number of aliphatic imine (C=N–C) groups is 1. The van der Waals surface area contributed by atoms with Gasteiger partial charge in [0.15, 0.2) is 5.84 Å². The van der Waals surface area contributed by atoms with E-state index in [0.29, 0.717) is 28.2 Å². The normalized spacial score (nSPS) is 17.3. The predicted octanol–water partition coefficient (Wildman–Crippen LogP) is 4.90. The largest absolute Gasteiger partial charge is 0.534 e. The molecule has 1 aliphatic heterocycles. The van der Waals surface area contributed by atoms with Crippen LogP contribution in [0.5, 0.6) is 5.75 Å². The summed E-state index contributed by atoms with van der Waals surface area (Å²) in [6, 6.07) is 12.0. The number of amidine groups is 1. The lowest BCUT2D eigenvalue weighted by molar-refractivity contribution is -0.0500. The number of hydrogen-bond acceptors (Lipinski definition) is 8. The van der Waals surface area contributed by atoms with Crippen LogP contribution in [-0.4, -0.2) is 41.4 Å². The number of carbonyl (C=O) groups is 1. The van der Waals surface area contributed by atoms with Gasteiger partial charge < -0.3 is 8.92 Å². The molecule has 0 aliphatic carbocycles. The number of aromatic nitrogens is 2. The predicted molar refractivity (Wildman–Crippen MR) is 136 cm³/mol. The first kappa shape index (κ1) is 28.0. The van der Waals surface area contributed by atoms with Crippen LogP contribution < -0.4 is 9.50 Å². The summed E-state index contributed by atoms with van der Waals surface area (Å²) >= 11 is 0. The number of amides is 1. The Kier molecular flexibility index (Phi) is 6.92. The molecule has 39 heavy (non-hydrogen) atoms. The number of nitrogens with zero attached hydrogens (tertiary/aromatic N) is 3. The summed E-state index contributed by atoms with van der Waals surface area (Å²) in [5.41, 5.74) is -5.03. The van der Waals surface area contributed by atoms with Crippen molar-refractivity contribution in [2.45, 2.75) is 51.3 Å². The zero-order valence-corrected chi connectivity index (χ0v) is 22.4. The minimum Gasteiger partial charge on any atom is -0.444 e. The molecule has 206 valence electrons. The van der Waals surface area contributed by atoms with Gasteiger partial charge in [-0.15, -0.1) is 0 Å². The van der Waals surface area contributed by atoms with Crippen LogP contribution in [-0.2, 0) is 20.4 Å². The van der Waals surface area contributed by atoms with Crippen LogP contribution >= 0.6 is 0 Å². The number of benzene rings is 1. The van der Waals surface area contributed by atoms with E-state index in [4.69, 9.17) is 9.73 Å². The fourth-order valence-electron chi connectivity index (χ4n) is 4.25. The smallest absolute Gasteiger partial charge is 0.444 e. The highest BCUT2D eigenvalue weighted by Crippen LogP contribution is 2.46. The highest BCUT2D eigenvalue weighted by molar-refractivity contribution is 7.88. The average Bonchev–Trinajstić information content (AvgIpc) is 3.11. The van der Waals surface area contributed by atoms with Crippen LogP contribution in [0.4, 0.5) is 18.0 Å². The van der Waals surface area contributed by atoms with Crippen LogP contribution in [0.2, 0.25) is 0 Å². The third kappa shape index (κ3) is 5.58. The van der Waals surface area contributed by atoms with Crippen LogP contribution in [0, 0.1) is 13.8 Å². The maximum absolute atomic E-state index is 13.0. The Hall–Kier alpha value is -4.00. The third-order valence-corrected chi connectivity index (χ3v) is 6.54. The SMILES string of the molecule is Cc1cc(C2(c3cccc(OS(=O)(=O)C(F)(F)F)c3)N=C(NC(=O)OC(C)(C)C)c3ncccc32)cc(C)n1. The van der Waals surface area contributed by atoms with Crippen molar-refractivity contribution < 1.29 is 35.3 Å². The summed E-state index contributed by atoms with van der Waals surface area (Å²) in [6.07, 6.45) is 0.712. The van der Waals surface area contributed by atoms with Gasteiger partial charge in [0.2, 0.25) is 0 Å². The Bertz CT molecular complexity index is 1560. The van der Waals surface area contributed by atoms with Gasteiger partial charge in [-0.1, -0.05) is 18.2 Å². The van der Waals surface area contributed by atoms with Crippen molar-refractivity contribution in [2.75, 3.05) is 0 Å². The van der Waals surface area contributed by atoms with E-state index in [1.807, 2.05) is 0 Å². The highest BCUT2D eigenvalue weighted by atomic mass is 32.2. The number of carbonyl (C=O) groups excluding carboxylic acids is 1. The van der Waals surface area contributed by atoms with Crippen molar-refractivity contribution in [1.82, 2.24) is 15.3 Å². The van der Waals surface area contributed by atoms with Crippen molar-refractivity contribution in [2.24, 2.45) is 4.99 Å². The van der Waals surface area contributed by atoms with Gasteiger partial charge in [0.05, 0.1) is 0 Å². The van der Waals surface area contributed by atoms with E-state index in [-0.39, 0.29) is 11.4 Å². The molecule has 9 nitrogen and oxygen atoms in total. The fourth-order valence-corrected chi connectivity index (χ4v) is 4.70. The molecule has 0 radical (unpaired) electrons. The van der Waals surface area contributed by atoms with E-state index >= 15 is 0 Å². The molecule has 2 aromatic heterocycles. The Labute approximate surface area is 223 Å². The molecule has 1 N–H and O–H groups in total. The topological polar surface area (TPSA) is 120 Å². The summed E-state index contributed by atoms with van der Waals surface area (Å²) < 4.78 is 72.3. The molecule has 3 aromatic rings. The number of nitrogens with one attached hydrogen (secondary N) is 1. The van der Waals surface area contributed by atoms with Gasteiger partial charge >= 0.3 is 21.7 Å². The van der Waals surface area contributed by atoms with Crippen molar-refractivity contribution >= 4 is 22.0 Å². The molecule has 13 heteroatoms. The van der Waals surface area contributed by atoms with Gasteiger partial charge in [-0.3, -0.25) is 15.3 Å². The number of hydrogen-bond donors (Lipinski definition) is 1. The van der Waals surface area contributed by atoms with E-state index < -0.39 is 38.6 Å². The first-order valence-electron chi connectivity index (χ1n) is 11.6. The summed E-state index contributed by atoms with van der Waals surface area (Å²) in [4.78, 5) is 26.3. The first-order valence-corrected chi connectivity index (χ1v) is 13.1. The molecule has 0 saturated carbocycles. The quantitative estimate of drug-likeness (QED) is 0.355. The van der Waals surface area contributed by atoms with Crippen molar-refractivity contribution in [3.05, 3.63) is 88.5 Å². The van der Waals surface area contributed by atoms with E-state index in [1.54, 1.807) is 65.0 Å². The maximum atomic E-state index is 13.0. The average molecular weight is 563 g/mol. The lowest BCUT2D eigenvalue weighted by Gasteiger charge is -2.29. The molecule has 1 atom stereocenters. The van der Waals surface area contributed by atoms with Gasteiger partial charge in [-0.05, 0) is 76.1 Å². The number of fused-ring (bicyclic) bond motifs is 1. The monoisotopic (exact) mass is 562 g/mol. The van der Waals surface area contributed by atoms with Crippen LogP contribution in [0.1, 0.15) is 54.5 Å². The molecule has 1 aromatic carbocycles. The molecule has 0 bridgehead atoms. The molecule has 4 rings (SSSR count). The van der Waals surface area contributed by atoms with E-state index in [1.165, 1.54) is 12.3 Å². The number of ether oxygens (including phenoxy) is 1. The standard InChI is InChI=1S/C26H25F3N4O5S/c1-15-12-18(13-16(2)31-15)25(17-8-6-9-19(14-17)38-39(35,36)26(27,28)29)20-10-7-11-30-21(20)22(33-25)32-23(34)37-24(3,4)5/h6-14H,1-5H3,(H,32,33,34). The van der Waals surface area contributed by atoms with Gasteiger partial charge in [0.1, 0.15) is 22.6 Å². The van der Waals surface area contributed by atoms with E-state index in [2.05, 4.69) is 19.5 Å². The maximum Gasteiger partial charge on any atom is 0.534 e. The Morgan fingerprint density at radius 3 is 2.26 bits per heavy atom. The molecular formula is C26H25F3N4O5S. The van der Waals surface area contributed by atoms with Crippen molar-refractivity contribution in [3.8, 4) is 5.75 Å². The number of alkyl carbamates (subject to hydrolysis) is 1. The first-order chi connectivity index (χ1) is 18.0. The Morgan fingerprint density at radius 2 is 1.64 bits per heavy atom. The molecule has 0 spiro atoms. The van der Waals surface area contributed by atoms with Crippen LogP contribution in [0.3, 0.4) is 0 Å². The molecule has 0 saturated heterocycles. The zero-order chi connectivity index (χ0) is 28.8. The fraction of sp³-hybridized carbons (Fsp3) is 0.308. The number of aryl methyl sites for hydroxylation is 2. The third-order valence-electron chi connectivity index (χ3n) is 5.56. The minimum atomic E-state index is -5.93. The molecule has 1 amide bonds. The Morgan fingerprint density at radius 1 is 0.974 bits per heavy atom. The second-order valence-corrected chi connectivity index (χ2v) is 11.4. The van der Waals surface area contributed by atoms with Gasteiger partial charge in [-0.2, -0.15) is 21.6 Å². The zero-order valence-electron chi connectivity index (χ0n) is 21.6. The van der Waals surface area contributed by atoms with Gasteiger partial charge in [-0.25, -0.2) is 9.79 Å². The number of alkyl halides is 3.